The van der Waals surface area contributed by atoms with Crippen molar-refractivity contribution in [3.05, 3.63) is 0 Å². The number of rotatable bonds is 5. The summed E-state index contributed by atoms with van der Waals surface area (Å²) < 4.78 is 0. The van der Waals surface area contributed by atoms with Crippen LogP contribution in [0, 0.1) is 5.92 Å². The van der Waals surface area contributed by atoms with Gasteiger partial charge in [0, 0.05) is 6.04 Å². The van der Waals surface area contributed by atoms with Crippen LogP contribution < -0.4 is 0 Å². The Morgan fingerprint density at radius 2 is 1.93 bits per heavy atom. The van der Waals surface area contributed by atoms with Gasteiger partial charge in [0.25, 0.3) is 0 Å². The maximum absolute atomic E-state index is 10.0. The first-order valence-corrected chi connectivity index (χ1v) is 6.57. The second kappa shape index (κ2) is 6.49. The van der Waals surface area contributed by atoms with E-state index in [1.54, 1.807) is 0 Å². The highest BCUT2D eigenvalue weighted by Crippen LogP contribution is 2.30. The van der Waals surface area contributed by atoms with Crippen molar-refractivity contribution in [1.82, 2.24) is 4.90 Å². The minimum Gasteiger partial charge on any atom is -0.391 e. The van der Waals surface area contributed by atoms with Gasteiger partial charge in [-0.25, -0.2) is 0 Å². The molecule has 0 amide bonds. The lowest BCUT2D eigenvalue weighted by Gasteiger charge is -2.38. The van der Waals surface area contributed by atoms with E-state index in [4.69, 9.17) is 0 Å². The van der Waals surface area contributed by atoms with Crippen molar-refractivity contribution in [2.24, 2.45) is 5.92 Å². The van der Waals surface area contributed by atoms with Crippen molar-refractivity contribution in [2.75, 3.05) is 13.6 Å². The highest BCUT2D eigenvalue weighted by atomic mass is 16.3. The quantitative estimate of drug-likeness (QED) is 0.759. The summed E-state index contributed by atoms with van der Waals surface area (Å²) in [6.07, 6.45) is 7.14. The van der Waals surface area contributed by atoms with Gasteiger partial charge in [-0.1, -0.05) is 26.7 Å². The first-order chi connectivity index (χ1) is 7.19. The maximum atomic E-state index is 10.0. The lowest BCUT2D eigenvalue weighted by atomic mass is 9.81. The number of hydrogen-bond donors (Lipinski definition) is 1. The smallest absolute Gasteiger partial charge is 0.0695 e. The maximum Gasteiger partial charge on any atom is 0.0695 e. The number of nitrogens with zero attached hydrogens (tertiary/aromatic N) is 1. The fraction of sp³-hybridized carbons (Fsp3) is 1.00. The Bertz CT molecular complexity index is 172. The Labute approximate surface area is 94.7 Å². The molecule has 0 aliphatic heterocycles. The topological polar surface area (TPSA) is 23.5 Å². The summed E-state index contributed by atoms with van der Waals surface area (Å²) in [5.74, 6) is 0.850. The highest BCUT2D eigenvalue weighted by molar-refractivity contribution is 4.85. The van der Waals surface area contributed by atoms with Crippen molar-refractivity contribution >= 4 is 0 Å². The molecule has 1 aliphatic carbocycles. The third-order valence-corrected chi connectivity index (χ3v) is 3.73. The van der Waals surface area contributed by atoms with Crippen LogP contribution in [-0.4, -0.2) is 35.7 Å². The second-order valence-electron chi connectivity index (χ2n) is 5.08. The molecule has 0 heterocycles. The molecule has 3 unspecified atom stereocenters. The second-order valence-corrected chi connectivity index (χ2v) is 5.08. The molecule has 0 aromatic carbocycles. The lowest BCUT2D eigenvalue weighted by molar-refractivity contribution is 0.0129. The summed E-state index contributed by atoms with van der Waals surface area (Å²) in [6.45, 7) is 5.58. The Hall–Kier alpha value is -0.0800. The van der Waals surface area contributed by atoms with Gasteiger partial charge in [0.05, 0.1) is 6.10 Å². The van der Waals surface area contributed by atoms with Crippen LogP contribution in [0.4, 0.5) is 0 Å². The molecule has 1 saturated carbocycles. The highest BCUT2D eigenvalue weighted by Gasteiger charge is 2.30. The monoisotopic (exact) mass is 213 g/mol. The largest absolute Gasteiger partial charge is 0.391 e. The van der Waals surface area contributed by atoms with E-state index in [0.717, 1.165) is 18.9 Å². The number of aliphatic hydroxyl groups excluding tert-OH is 1. The molecule has 1 rings (SSSR count). The van der Waals surface area contributed by atoms with Gasteiger partial charge in [0.15, 0.2) is 0 Å². The fourth-order valence-corrected chi connectivity index (χ4v) is 2.88. The van der Waals surface area contributed by atoms with E-state index in [9.17, 15) is 5.11 Å². The van der Waals surface area contributed by atoms with E-state index >= 15 is 0 Å². The molecule has 0 radical (unpaired) electrons. The third kappa shape index (κ3) is 3.76. The molecule has 0 bridgehead atoms. The molecule has 0 saturated heterocycles. The first-order valence-electron chi connectivity index (χ1n) is 6.57. The average molecular weight is 213 g/mol. The van der Waals surface area contributed by atoms with Crippen molar-refractivity contribution in [3.8, 4) is 0 Å². The number of likely N-dealkylation sites (N-methyl/N-ethyl adjacent to an activating group) is 1. The van der Waals surface area contributed by atoms with E-state index in [-0.39, 0.29) is 6.10 Å². The molecule has 1 fully saturated rings. The van der Waals surface area contributed by atoms with Crippen LogP contribution in [0.3, 0.4) is 0 Å². The Balaban J connectivity index is 2.45. The standard InChI is InChI=1S/C13H27NO/c1-4-6-11-7-8-13(15)12(10-11)14(3)9-5-2/h11-13,15H,4-10H2,1-3H3. The van der Waals surface area contributed by atoms with Gasteiger partial charge in [0.2, 0.25) is 0 Å². The van der Waals surface area contributed by atoms with E-state index in [1.165, 1.54) is 32.1 Å². The Morgan fingerprint density at radius 3 is 2.53 bits per heavy atom. The van der Waals surface area contributed by atoms with Gasteiger partial charge in [0.1, 0.15) is 0 Å². The summed E-state index contributed by atoms with van der Waals surface area (Å²) in [7, 11) is 2.16. The molecule has 3 atom stereocenters. The van der Waals surface area contributed by atoms with Gasteiger partial charge in [-0.2, -0.15) is 0 Å². The normalized spacial score (nSPS) is 32.2. The van der Waals surface area contributed by atoms with E-state index in [2.05, 4.69) is 25.8 Å². The van der Waals surface area contributed by atoms with Crippen LogP contribution in [0.2, 0.25) is 0 Å². The predicted octanol–water partition coefficient (Wildman–Crippen LogP) is 2.66. The molecule has 2 heteroatoms. The molecule has 2 nitrogen and oxygen atoms in total. The molecule has 1 aliphatic rings. The van der Waals surface area contributed by atoms with Crippen molar-refractivity contribution in [2.45, 2.75) is 64.5 Å². The van der Waals surface area contributed by atoms with Gasteiger partial charge in [-0.3, -0.25) is 0 Å². The summed E-state index contributed by atoms with van der Waals surface area (Å²) in [5, 5.41) is 10.0. The molecule has 0 aromatic rings. The van der Waals surface area contributed by atoms with E-state index in [1.807, 2.05) is 0 Å². The molecule has 0 spiro atoms. The van der Waals surface area contributed by atoms with Crippen LogP contribution in [0.15, 0.2) is 0 Å². The van der Waals surface area contributed by atoms with Gasteiger partial charge >= 0.3 is 0 Å². The van der Waals surface area contributed by atoms with Crippen LogP contribution in [0.1, 0.15) is 52.4 Å². The molecule has 0 aromatic heterocycles. The zero-order valence-electron chi connectivity index (χ0n) is 10.6. The van der Waals surface area contributed by atoms with Crippen molar-refractivity contribution in [1.29, 1.82) is 0 Å². The van der Waals surface area contributed by atoms with Gasteiger partial charge < -0.3 is 10.0 Å². The third-order valence-electron chi connectivity index (χ3n) is 3.73. The number of aliphatic hydroxyl groups is 1. The summed E-state index contributed by atoms with van der Waals surface area (Å²) in [4.78, 5) is 2.35. The van der Waals surface area contributed by atoms with Crippen LogP contribution in [0.25, 0.3) is 0 Å². The van der Waals surface area contributed by atoms with Crippen molar-refractivity contribution in [3.63, 3.8) is 0 Å². The van der Waals surface area contributed by atoms with Crippen LogP contribution in [-0.2, 0) is 0 Å². The van der Waals surface area contributed by atoms with Crippen LogP contribution in [0.5, 0.6) is 0 Å². The summed E-state index contributed by atoms with van der Waals surface area (Å²) in [5.41, 5.74) is 0. The van der Waals surface area contributed by atoms with Crippen molar-refractivity contribution < 1.29 is 5.11 Å². The zero-order valence-corrected chi connectivity index (χ0v) is 10.6. The van der Waals surface area contributed by atoms with Gasteiger partial charge in [-0.05, 0) is 45.2 Å². The van der Waals surface area contributed by atoms with E-state index < -0.39 is 0 Å². The van der Waals surface area contributed by atoms with Crippen LogP contribution >= 0.6 is 0 Å². The summed E-state index contributed by atoms with van der Waals surface area (Å²) in [6, 6.07) is 0.412. The van der Waals surface area contributed by atoms with E-state index in [0.29, 0.717) is 6.04 Å². The Kier molecular flexibility index (Phi) is 5.62. The minimum atomic E-state index is -0.0883. The molecule has 90 valence electrons. The summed E-state index contributed by atoms with van der Waals surface area (Å²) >= 11 is 0. The number of hydrogen-bond acceptors (Lipinski definition) is 2. The molecular weight excluding hydrogens is 186 g/mol. The first kappa shape index (κ1) is 13.0. The fourth-order valence-electron chi connectivity index (χ4n) is 2.88. The molecule has 1 N–H and O–H groups in total. The average Bonchev–Trinajstić information content (AvgIpc) is 2.21. The SMILES string of the molecule is CCCC1CCC(O)C(N(C)CCC)C1. The zero-order chi connectivity index (χ0) is 11.3. The van der Waals surface area contributed by atoms with Gasteiger partial charge in [-0.15, -0.1) is 0 Å². The Morgan fingerprint density at radius 1 is 1.20 bits per heavy atom. The lowest BCUT2D eigenvalue weighted by Crippen LogP contribution is -2.45. The predicted molar refractivity (Wildman–Crippen MR) is 65.0 cm³/mol. The molecular formula is C13H27NO. The molecule has 15 heavy (non-hydrogen) atoms. The minimum absolute atomic E-state index is 0.0883.